The van der Waals surface area contributed by atoms with Gasteiger partial charge in [-0.15, -0.1) is 20.4 Å². The Kier molecular flexibility index (Phi) is 26.6. The van der Waals surface area contributed by atoms with E-state index in [0.717, 1.165) is 126 Å². The number of carbonyl (C=O) groups is 1. The second-order valence-electron chi connectivity index (χ2n) is 37.3. The fraction of sp³-hybridized carbons (Fsp3) is 0.467. The molecule has 20 rings (SSSR count). The Hall–Kier alpha value is -14.2. The van der Waals surface area contributed by atoms with E-state index in [1.54, 1.807) is 50.9 Å². The van der Waals surface area contributed by atoms with E-state index in [1.807, 2.05) is 58.9 Å². The quantitative estimate of drug-likeness (QED) is 0.0276. The number of benzene rings is 4. The van der Waals surface area contributed by atoms with Crippen LogP contribution in [0.25, 0.3) is 66.2 Å². The molecule has 4 saturated heterocycles. The van der Waals surface area contributed by atoms with Crippen LogP contribution in [0.4, 0.5) is 64.1 Å². The van der Waals surface area contributed by atoms with Gasteiger partial charge in [-0.1, -0.05) is 13.8 Å². The van der Waals surface area contributed by atoms with Crippen molar-refractivity contribution in [3.63, 3.8) is 0 Å². The lowest BCUT2D eigenvalue weighted by atomic mass is 9.89. The van der Waals surface area contributed by atoms with E-state index >= 15 is 0 Å². The largest absolute Gasteiger partial charge is 0.494 e. The molecular weight excluding hydrogens is 1760 g/mol. The summed E-state index contributed by atoms with van der Waals surface area (Å²) in [5.41, 5.74) is 31.0. The third-order valence-electron chi connectivity index (χ3n) is 24.9. The van der Waals surface area contributed by atoms with E-state index in [0.29, 0.717) is 140 Å². The average molecular weight is 1870 g/mol. The van der Waals surface area contributed by atoms with Crippen LogP contribution in [0.2, 0.25) is 0 Å². The highest BCUT2D eigenvalue weighted by Gasteiger charge is 2.36. The van der Waals surface area contributed by atoms with Crippen LogP contribution >= 0.6 is 0 Å². The minimum Gasteiger partial charge on any atom is -0.494 e. The van der Waals surface area contributed by atoms with Gasteiger partial charge in [-0.2, -0.15) is 38.5 Å². The molecule has 0 unspecified atom stereocenters. The Balaban J connectivity index is 0.000000126. The maximum Gasteiger partial charge on any atom is 0.223 e. The maximum absolute atomic E-state index is 14.4. The van der Waals surface area contributed by atoms with Gasteiger partial charge in [0.25, 0.3) is 0 Å². The zero-order chi connectivity index (χ0) is 96.0. The number of ketones is 1. The molecule has 44 heteroatoms. The third-order valence-corrected chi connectivity index (χ3v) is 24.9. The molecule has 4 aromatic carbocycles. The third kappa shape index (κ3) is 20.4. The predicted molar refractivity (Wildman–Crippen MR) is 505 cm³/mol. The van der Waals surface area contributed by atoms with Crippen LogP contribution in [-0.4, -0.2) is 237 Å². The number of methoxy groups -OCH3 is 4. The summed E-state index contributed by atoms with van der Waals surface area (Å²) >= 11 is 0. The SMILES string of the molecule is COc1cc2nc(N)n3nc([C@@H]4CCCN(c5cnn(CCCC(C)=O)c5)C4)nc3c2cc1F.COc1cc2nc(N)n3nc([C@@H]4CCCN(c5cnn(CCC[C@H](C)O)c5)C4)nc3c2cc1F.COc1cc2nc(N)n3nc([C@@H]4C[C@@H](C)CN(c5cnn(CC(C)(C)O)c5)C4)nc3c2cc1F.COc1cc2nc(N)n3nc([C@H]4C[C@H](C)CN(c5cnn(CC(C)(C)O)c5)C4)nc3c2cc1F. The molecule has 0 bridgehead atoms. The fourth-order valence-electron chi connectivity index (χ4n) is 18.6. The summed E-state index contributed by atoms with van der Waals surface area (Å²) in [6, 6.07) is 11.5. The molecule has 718 valence electrons. The highest BCUT2D eigenvalue weighted by molar-refractivity contribution is 5.96. The van der Waals surface area contributed by atoms with Gasteiger partial charge in [0.15, 0.2) is 92.2 Å². The zero-order valence-corrected chi connectivity index (χ0v) is 78.1. The van der Waals surface area contributed by atoms with Crippen LogP contribution in [0.15, 0.2) is 98.1 Å². The first kappa shape index (κ1) is 93.6. The number of nitrogens with zero attached hydrogens (tertiary/aromatic N) is 28. The number of Topliss-reactive ketones (excluding diaryl/α,β-unsaturated/α-hetero) is 1. The van der Waals surface area contributed by atoms with Crippen LogP contribution in [0.1, 0.15) is 167 Å². The number of aliphatic hydroxyl groups is 3. The number of rotatable bonds is 24. The first-order valence-electron chi connectivity index (χ1n) is 45.6. The molecule has 4 aliphatic rings. The molecular formula is C92H114F4N32O8. The summed E-state index contributed by atoms with van der Waals surface area (Å²) < 4.78 is 91.2. The summed E-state index contributed by atoms with van der Waals surface area (Å²) in [6.45, 7) is 23.7. The number of piperidine rings is 4. The Morgan fingerprint density at radius 3 is 1.04 bits per heavy atom. The molecule has 4 fully saturated rings. The number of anilines is 8. The molecule has 12 aromatic heterocycles. The van der Waals surface area contributed by atoms with Gasteiger partial charge in [-0.05, 0) is 135 Å². The van der Waals surface area contributed by atoms with Gasteiger partial charge in [0.05, 0.1) is 128 Å². The Bertz CT molecular complexity index is 6840. The van der Waals surface area contributed by atoms with Gasteiger partial charge in [0.2, 0.25) is 23.8 Å². The van der Waals surface area contributed by atoms with Gasteiger partial charge in [-0.25, -0.2) is 57.4 Å². The van der Waals surface area contributed by atoms with Gasteiger partial charge in [0, 0.05) is 166 Å². The number of hydrogen-bond acceptors (Lipinski definition) is 32. The number of carbonyl (C=O) groups excluding carboxylic acids is 1. The molecule has 0 amide bonds. The normalized spacial score (nSPS) is 18.1. The molecule has 11 N–H and O–H groups in total. The summed E-state index contributed by atoms with van der Waals surface area (Å²) in [5, 5.41) is 68.1. The second kappa shape index (κ2) is 38.7. The van der Waals surface area contributed by atoms with E-state index < -0.39 is 34.5 Å². The number of ether oxygens (including phenoxy) is 4. The van der Waals surface area contributed by atoms with Gasteiger partial charge in [-0.3, -0.25) is 18.7 Å². The smallest absolute Gasteiger partial charge is 0.223 e. The molecule has 0 spiro atoms. The number of nitrogen functional groups attached to an aromatic ring is 4. The van der Waals surface area contributed by atoms with Crippen molar-refractivity contribution in [2.75, 3.05) is 123 Å². The summed E-state index contributed by atoms with van der Waals surface area (Å²) in [5.74, 6) is 3.14. The van der Waals surface area contributed by atoms with Crippen molar-refractivity contribution in [2.24, 2.45) is 11.8 Å². The van der Waals surface area contributed by atoms with Crippen LogP contribution in [0.5, 0.6) is 23.0 Å². The van der Waals surface area contributed by atoms with Crippen LogP contribution in [0, 0.1) is 35.1 Å². The molecule has 0 saturated carbocycles. The molecule has 16 heterocycles. The zero-order valence-electron chi connectivity index (χ0n) is 78.1. The van der Waals surface area contributed by atoms with Crippen molar-refractivity contribution in [1.29, 1.82) is 0 Å². The lowest BCUT2D eigenvalue weighted by molar-refractivity contribution is -0.117. The average Bonchev–Trinajstić information content (AvgIpc) is 1.60. The van der Waals surface area contributed by atoms with Crippen molar-refractivity contribution >= 4 is 119 Å². The number of halogens is 4. The van der Waals surface area contributed by atoms with Gasteiger partial charge >= 0.3 is 0 Å². The van der Waals surface area contributed by atoms with Crippen molar-refractivity contribution < 1.29 is 56.6 Å². The van der Waals surface area contributed by atoms with Crippen LogP contribution < -0.4 is 61.5 Å². The predicted octanol–water partition coefficient (Wildman–Crippen LogP) is 10.9. The number of hydrogen-bond donors (Lipinski definition) is 7. The molecule has 0 aliphatic carbocycles. The van der Waals surface area contributed by atoms with E-state index in [-0.39, 0.29) is 82.4 Å². The summed E-state index contributed by atoms with van der Waals surface area (Å²) in [7, 11) is 5.64. The monoisotopic (exact) mass is 1870 g/mol. The number of nitrogens with two attached hydrogens (primary N) is 4. The lowest BCUT2D eigenvalue weighted by Crippen LogP contribution is -2.39. The van der Waals surface area contributed by atoms with Crippen LogP contribution in [-0.2, 0) is 31.0 Å². The minimum absolute atomic E-state index is 0.0545. The number of aryl methyl sites for hydroxylation is 2. The topological polar surface area (TPSA) is 475 Å². The highest BCUT2D eigenvalue weighted by Crippen LogP contribution is 2.40. The van der Waals surface area contributed by atoms with Gasteiger partial charge in [0.1, 0.15) is 5.78 Å². The van der Waals surface area contributed by atoms with E-state index in [4.69, 9.17) is 61.8 Å². The highest BCUT2D eigenvalue weighted by atomic mass is 19.1. The molecule has 16 aromatic rings. The number of aromatic nitrogens is 24. The first-order valence-corrected chi connectivity index (χ1v) is 45.6. The lowest BCUT2D eigenvalue weighted by Gasteiger charge is -2.36. The molecule has 40 nitrogen and oxygen atoms in total. The van der Waals surface area contributed by atoms with E-state index in [1.165, 1.54) is 95.0 Å². The summed E-state index contributed by atoms with van der Waals surface area (Å²) in [4.78, 5) is 56.8. The Labute approximate surface area is 778 Å². The van der Waals surface area contributed by atoms with Crippen molar-refractivity contribution in [1.82, 2.24) is 117 Å². The van der Waals surface area contributed by atoms with Gasteiger partial charge < -0.3 is 81.6 Å². The second-order valence-corrected chi connectivity index (χ2v) is 37.3. The number of aliphatic hydroxyl groups excluding tert-OH is 1. The van der Waals surface area contributed by atoms with Crippen LogP contribution in [0.3, 0.4) is 0 Å². The van der Waals surface area contributed by atoms with Crippen molar-refractivity contribution in [3.8, 4) is 23.0 Å². The molecule has 136 heavy (non-hydrogen) atoms. The van der Waals surface area contributed by atoms with Crippen molar-refractivity contribution in [2.45, 2.75) is 187 Å². The van der Waals surface area contributed by atoms with Crippen molar-refractivity contribution in [3.05, 3.63) is 145 Å². The molecule has 0 radical (unpaired) electrons. The minimum atomic E-state index is -0.846. The molecule has 4 aliphatic heterocycles. The molecule has 7 atom stereocenters. The van der Waals surface area contributed by atoms with E-state index in [2.05, 4.69) is 94.2 Å². The number of fused-ring (bicyclic) bond motifs is 12. The Morgan fingerprint density at radius 2 is 0.728 bits per heavy atom. The fourth-order valence-corrected chi connectivity index (χ4v) is 18.6. The Morgan fingerprint density at radius 1 is 0.434 bits per heavy atom. The van der Waals surface area contributed by atoms with E-state index in [9.17, 15) is 37.7 Å². The standard InChI is InChI=1S/3C23H29FN8O2.C23H27FN8O2/c2*1-13-5-14(10-30(9-13)15-8-26-31(11-15)12-23(2,3)33)20-28-21-16-6-17(24)19(34-4)7-18(16)27-22(25)32(21)29-20;2*1-14(33)5-3-8-31-13-16(11-26-31)30-7-4-6-15(12-30)21-28-22-17-9-18(24)20(34-2)10-19(17)27-23(25)32(22)29-21/h2*6-8,11,13-14,33H,5,9-10,12H2,1-4H3,(H2,25,27);9-11,13-15,33H,3-8,12H2,1-2H3,(H2,25,27);9-11,13,15H,3-8,12H2,1-2H3,(H2,25,27)/t2*13-,14-;14-,15+;15-/m1001/s1. The summed E-state index contributed by atoms with van der Waals surface area (Å²) in [6.07, 6.45) is 23.7. The maximum atomic E-state index is 14.4. The first-order chi connectivity index (χ1) is 65.1.